The molecule has 0 spiro atoms. The summed E-state index contributed by atoms with van der Waals surface area (Å²) in [7, 11) is 2.26. The van der Waals surface area contributed by atoms with Gasteiger partial charge in [-0.15, -0.1) is 0 Å². The van der Waals surface area contributed by atoms with Crippen molar-refractivity contribution in [1.29, 1.82) is 0 Å². The van der Waals surface area contributed by atoms with E-state index >= 15 is 0 Å². The fourth-order valence-electron chi connectivity index (χ4n) is 0.180. The molecular formula is C11H38O5Si3. The Morgan fingerprint density at radius 3 is 1.05 bits per heavy atom. The summed E-state index contributed by atoms with van der Waals surface area (Å²) in [4.78, 5) is 8.66. The van der Waals surface area contributed by atoms with Crippen molar-refractivity contribution in [1.82, 2.24) is 0 Å². The summed E-state index contributed by atoms with van der Waals surface area (Å²) in [6, 6.07) is 0. The van der Waals surface area contributed by atoms with E-state index in [-0.39, 0.29) is 8.85 Å². The van der Waals surface area contributed by atoms with Gasteiger partial charge in [-0.25, -0.2) is 0 Å². The molecule has 0 aromatic rings. The van der Waals surface area contributed by atoms with Crippen LogP contribution < -0.4 is 0 Å². The van der Waals surface area contributed by atoms with Crippen molar-refractivity contribution in [3.05, 3.63) is 0 Å². The zero-order chi connectivity index (χ0) is 15.4. The standard InChI is InChI=1S/C4H12O2Si.C3H10O2Si.C3H10OSi.CH4.H2/c1-5-7(3,4)6-2;1-4-6(3)5-2;1-5(2,3)4;;/h1-4H3;6H,1-3H3;4H,1-3H3;1H4;1H/i;;;;1+1. The van der Waals surface area contributed by atoms with E-state index in [4.69, 9.17) is 22.5 Å². The molecule has 0 amide bonds. The molecular weight excluding hydrogens is 296 g/mol. The number of hydrogen-bond donors (Lipinski definition) is 1. The van der Waals surface area contributed by atoms with Crippen LogP contribution in [-0.2, 0) is 17.7 Å². The SMILES string of the molecule is C.CO[SiH](C)OC.CO[Si](C)(C)OC.C[Si](C)(C)O.[2HH]. The first kappa shape index (κ1) is 27.7. The maximum absolute atomic E-state index is 8.66. The second-order valence-electron chi connectivity index (χ2n) is 5.02. The van der Waals surface area contributed by atoms with Crippen LogP contribution in [0.1, 0.15) is 8.85 Å². The molecule has 5 nitrogen and oxygen atoms in total. The molecule has 0 fully saturated rings. The highest BCUT2D eigenvalue weighted by atomic mass is 28.4. The molecule has 0 atom stereocenters. The van der Waals surface area contributed by atoms with Gasteiger partial charge >= 0.3 is 17.8 Å². The lowest BCUT2D eigenvalue weighted by molar-refractivity contribution is 0.258. The molecule has 0 unspecified atom stereocenters. The molecule has 124 valence electrons. The van der Waals surface area contributed by atoms with E-state index in [1.165, 1.54) is 0 Å². The molecule has 19 heavy (non-hydrogen) atoms. The van der Waals surface area contributed by atoms with Crippen molar-refractivity contribution in [2.24, 2.45) is 0 Å². The Balaban J connectivity index is -0.0000000543. The third kappa shape index (κ3) is 45.7. The highest BCUT2D eigenvalue weighted by Crippen LogP contribution is 1.99. The van der Waals surface area contributed by atoms with Crippen molar-refractivity contribution < 1.29 is 23.9 Å². The van der Waals surface area contributed by atoms with E-state index in [0.29, 0.717) is 0 Å². The Kier molecular flexibility index (Phi) is 21.7. The predicted molar refractivity (Wildman–Crippen MR) is 92.9 cm³/mol. The van der Waals surface area contributed by atoms with Crippen LogP contribution >= 0.6 is 0 Å². The van der Waals surface area contributed by atoms with Gasteiger partial charge in [-0.2, -0.15) is 0 Å². The van der Waals surface area contributed by atoms with Crippen molar-refractivity contribution in [3.63, 3.8) is 0 Å². The van der Waals surface area contributed by atoms with Crippen LogP contribution in [0.5, 0.6) is 0 Å². The molecule has 0 aromatic heterocycles. The summed E-state index contributed by atoms with van der Waals surface area (Å²) in [5.41, 5.74) is 0. The summed E-state index contributed by atoms with van der Waals surface area (Å²) in [5.74, 6) is 0. The second kappa shape index (κ2) is 14.9. The molecule has 0 bridgehead atoms. The average Bonchev–Trinajstić information content (AvgIpc) is 2.26. The van der Waals surface area contributed by atoms with Crippen LogP contribution in [0.2, 0.25) is 39.3 Å². The number of rotatable bonds is 4. The van der Waals surface area contributed by atoms with Crippen LogP contribution in [-0.4, -0.2) is 59.4 Å². The molecule has 8 heteroatoms. The van der Waals surface area contributed by atoms with Gasteiger partial charge < -0.3 is 22.5 Å². The lowest BCUT2D eigenvalue weighted by Gasteiger charge is -2.15. The summed E-state index contributed by atoms with van der Waals surface area (Å²) >= 11 is 0. The Morgan fingerprint density at radius 1 is 0.842 bits per heavy atom. The highest BCUT2D eigenvalue weighted by molar-refractivity contribution is 6.68. The molecule has 0 aliphatic rings. The van der Waals surface area contributed by atoms with Gasteiger partial charge in [-0.05, 0) is 39.3 Å². The van der Waals surface area contributed by atoms with Gasteiger partial charge in [0.15, 0.2) is 8.32 Å². The molecule has 0 heterocycles. The maximum Gasteiger partial charge on any atom is 0.331 e. The molecule has 0 saturated heterocycles. The zero-order valence-corrected chi connectivity index (χ0v) is 16.8. The Morgan fingerprint density at radius 2 is 1.05 bits per heavy atom. The largest absolute Gasteiger partial charge is 0.433 e. The fourth-order valence-corrected chi connectivity index (χ4v) is 0.539. The minimum atomic E-state index is -1.65. The van der Waals surface area contributed by atoms with E-state index < -0.39 is 26.2 Å². The molecule has 1 N–H and O–H groups in total. The molecule has 0 radical (unpaired) electrons. The smallest absolute Gasteiger partial charge is 0.331 e. The fraction of sp³-hybridized carbons (Fsp3) is 1.00. The predicted octanol–water partition coefficient (Wildman–Crippen LogP) is 2.81. The Bertz CT molecular complexity index is 164. The van der Waals surface area contributed by atoms with Gasteiger partial charge in [0.05, 0.1) is 0 Å². The van der Waals surface area contributed by atoms with Gasteiger partial charge in [0.25, 0.3) is 0 Å². The quantitative estimate of drug-likeness (QED) is 0.801. The van der Waals surface area contributed by atoms with E-state index in [0.717, 1.165) is 0 Å². The summed E-state index contributed by atoms with van der Waals surface area (Å²) in [6.45, 7) is 11.6. The first-order chi connectivity index (χ1) is 7.93. The van der Waals surface area contributed by atoms with Crippen LogP contribution in [0.3, 0.4) is 0 Å². The molecule has 0 rings (SSSR count). The summed E-state index contributed by atoms with van der Waals surface area (Å²) in [5, 5.41) is 0. The van der Waals surface area contributed by atoms with Crippen molar-refractivity contribution in [3.8, 4) is 0 Å². The summed E-state index contributed by atoms with van der Waals surface area (Å²) in [6.07, 6.45) is 0. The van der Waals surface area contributed by atoms with Gasteiger partial charge in [-0.1, -0.05) is 7.43 Å². The van der Waals surface area contributed by atoms with E-state index in [1.807, 2.05) is 39.3 Å². The van der Waals surface area contributed by atoms with Gasteiger partial charge in [0.2, 0.25) is 0 Å². The lowest BCUT2D eigenvalue weighted by atomic mass is 11.8. The monoisotopic (exact) mass is 335 g/mol. The van der Waals surface area contributed by atoms with Crippen molar-refractivity contribution in [2.75, 3.05) is 28.4 Å². The van der Waals surface area contributed by atoms with Crippen molar-refractivity contribution in [2.45, 2.75) is 46.7 Å². The van der Waals surface area contributed by atoms with Crippen LogP contribution in [0.15, 0.2) is 0 Å². The third-order valence-corrected chi connectivity index (χ3v) is 4.94. The molecule has 0 aliphatic carbocycles. The Hall–Kier alpha value is 0.451. The highest BCUT2D eigenvalue weighted by Gasteiger charge is 2.19. The lowest BCUT2D eigenvalue weighted by Crippen LogP contribution is -2.31. The van der Waals surface area contributed by atoms with Gasteiger partial charge in [-0.3, -0.25) is 0 Å². The van der Waals surface area contributed by atoms with Crippen molar-refractivity contribution >= 4 is 26.2 Å². The van der Waals surface area contributed by atoms with Crippen LogP contribution in [0.25, 0.3) is 0 Å². The van der Waals surface area contributed by atoms with E-state index in [9.17, 15) is 0 Å². The van der Waals surface area contributed by atoms with Crippen LogP contribution in [0, 0.1) is 0 Å². The molecule has 0 aromatic carbocycles. The number of hydrogen-bond acceptors (Lipinski definition) is 5. The maximum atomic E-state index is 8.66. The van der Waals surface area contributed by atoms with E-state index in [1.54, 1.807) is 28.4 Å². The van der Waals surface area contributed by atoms with E-state index in [2.05, 4.69) is 0 Å². The third-order valence-electron chi connectivity index (χ3n) is 1.65. The first-order valence-corrected chi connectivity index (χ1v) is 14.2. The topological polar surface area (TPSA) is 57.2 Å². The molecule has 0 saturated carbocycles. The normalized spacial score (nSPS) is 10.7. The van der Waals surface area contributed by atoms with Gasteiger partial charge in [0.1, 0.15) is 0 Å². The zero-order valence-electron chi connectivity index (χ0n) is 13.7. The average molecular weight is 336 g/mol. The first-order valence-electron chi connectivity index (χ1n) is 5.81. The minimum Gasteiger partial charge on any atom is -0.433 e. The van der Waals surface area contributed by atoms with Gasteiger partial charge in [0, 0.05) is 29.9 Å². The molecule has 0 aliphatic heterocycles. The second-order valence-corrected chi connectivity index (χ2v) is 15.1. The summed E-state index contributed by atoms with van der Waals surface area (Å²) < 4.78 is 19.6. The minimum absolute atomic E-state index is 0. The van der Waals surface area contributed by atoms with Crippen LogP contribution in [0.4, 0.5) is 0 Å². The Labute approximate surface area is 125 Å².